The minimum absolute atomic E-state index is 0.0330. The quantitative estimate of drug-likeness (QED) is 0.437. The van der Waals surface area contributed by atoms with Gasteiger partial charge < -0.3 is 29.7 Å². The number of benzene rings is 1. The van der Waals surface area contributed by atoms with Gasteiger partial charge in [-0.25, -0.2) is 14.8 Å². The number of rotatable bonds is 11. The molecule has 2 heterocycles. The minimum Gasteiger partial charge on any atom is -0.481 e. The van der Waals surface area contributed by atoms with Gasteiger partial charge in [0.2, 0.25) is 5.91 Å². The summed E-state index contributed by atoms with van der Waals surface area (Å²) in [5.74, 6) is -1.81. The van der Waals surface area contributed by atoms with E-state index < -0.39 is 36.0 Å². The lowest BCUT2D eigenvalue weighted by molar-refractivity contribution is -0.138. The smallest absolute Gasteiger partial charge is 0.409 e. The zero-order valence-electron chi connectivity index (χ0n) is 22.5. The van der Waals surface area contributed by atoms with Crippen molar-refractivity contribution < 1.29 is 33.8 Å². The van der Waals surface area contributed by atoms with Gasteiger partial charge in [0.15, 0.2) is 5.82 Å². The van der Waals surface area contributed by atoms with Crippen LogP contribution in [0, 0.1) is 0 Å². The number of hydrogen-bond acceptors (Lipinski definition) is 8. The van der Waals surface area contributed by atoms with Crippen molar-refractivity contribution >= 4 is 23.9 Å². The maximum Gasteiger partial charge on any atom is 0.409 e. The maximum absolute atomic E-state index is 13.4. The minimum atomic E-state index is -1.09. The highest BCUT2D eigenvalue weighted by Gasteiger charge is 2.31. The Bertz CT molecular complexity index is 1150. The van der Waals surface area contributed by atoms with E-state index in [9.17, 15) is 24.3 Å². The van der Waals surface area contributed by atoms with E-state index in [1.165, 1.54) is 15.9 Å². The van der Waals surface area contributed by atoms with E-state index in [-0.39, 0.29) is 51.3 Å². The molecule has 3 rings (SSSR count). The van der Waals surface area contributed by atoms with Gasteiger partial charge in [0.25, 0.3) is 5.91 Å². The molecule has 0 saturated carbocycles. The lowest BCUT2D eigenvalue weighted by Crippen LogP contribution is -2.56. The average molecular weight is 542 g/mol. The number of aliphatic carboxylic acids is 1. The molecule has 0 spiro atoms. The van der Waals surface area contributed by atoms with Crippen molar-refractivity contribution in [3.8, 4) is 11.4 Å². The zero-order valence-corrected chi connectivity index (χ0v) is 22.5. The van der Waals surface area contributed by atoms with Gasteiger partial charge in [-0.1, -0.05) is 30.3 Å². The van der Waals surface area contributed by atoms with Gasteiger partial charge in [0.05, 0.1) is 18.4 Å². The van der Waals surface area contributed by atoms with Crippen molar-refractivity contribution in [2.45, 2.75) is 45.8 Å². The van der Waals surface area contributed by atoms with Crippen LogP contribution in [0.25, 0.3) is 11.4 Å². The van der Waals surface area contributed by atoms with E-state index in [1.54, 1.807) is 6.92 Å². The van der Waals surface area contributed by atoms with Crippen molar-refractivity contribution in [2.24, 2.45) is 0 Å². The molecule has 12 nitrogen and oxygen atoms in total. The van der Waals surface area contributed by atoms with Crippen molar-refractivity contribution in [3.05, 3.63) is 47.8 Å². The van der Waals surface area contributed by atoms with Crippen LogP contribution in [0.1, 0.15) is 55.9 Å². The van der Waals surface area contributed by atoms with Crippen molar-refractivity contribution in [3.63, 3.8) is 0 Å². The first-order chi connectivity index (χ1) is 18.7. The Labute approximate surface area is 227 Å². The fourth-order valence-corrected chi connectivity index (χ4v) is 4.14. The Morgan fingerprint density at radius 3 is 2.28 bits per heavy atom. The lowest BCUT2D eigenvalue weighted by Gasteiger charge is -2.35. The van der Waals surface area contributed by atoms with Gasteiger partial charge >= 0.3 is 12.1 Å². The van der Waals surface area contributed by atoms with Crippen molar-refractivity contribution in [1.82, 2.24) is 25.1 Å². The molecule has 1 saturated heterocycles. The van der Waals surface area contributed by atoms with Gasteiger partial charge in [0, 0.05) is 44.8 Å². The van der Waals surface area contributed by atoms with Gasteiger partial charge in [0.1, 0.15) is 11.7 Å². The molecule has 2 atom stereocenters. The van der Waals surface area contributed by atoms with E-state index in [2.05, 4.69) is 15.3 Å². The topological polar surface area (TPSA) is 151 Å². The molecule has 1 unspecified atom stereocenters. The van der Waals surface area contributed by atoms with Crippen LogP contribution in [0.5, 0.6) is 0 Å². The lowest BCUT2D eigenvalue weighted by atomic mass is 10.1. The molecule has 3 amide bonds. The number of carbonyl (C=O) groups is 4. The summed E-state index contributed by atoms with van der Waals surface area (Å²) in [7, 11) is 0. The first kappa shape index (κ1) is 29.5. The predicted molar refractivity (Wildman–Crippen MR) is 141 cm³/mol. The molecule has 0 aliphatic carbocycles. The van der Waals surface area contributed by atoms with Gasteiger partial charge in [-0.15, -0.1) is 0 Å². The summed E-state index contributed by atoms with van der Waals surface area (Å²) in [6.45, 7) is 7.10. The van der Waals surface area contributed by atoms with Crippen LogP contribution < -0.4 is 5.32 Å². The molecule has 0 bridgehead atoms. The molecule has 2 aromatic rings. The Hall–Kier alpha value is -4.06. The Kier molecular flexibility index (Phi) is 10.7. The highest BCUT2D eigenvalue weighted by molar-refractivity contribution is 5.96. The van der Waals surface area contributed by atoms with E-state index in [0.29, 0.717) is 23.7 Å². The number of nitrogens with zero attached hydrogens (tertiary/aromatic N) is 4. The second kappa shape index (κ2) is 14.2. The third-order valence-electron chi connectivity index (χ3n) is 6.21. The predicted octanol–water partition coefficient (Wildman–Crippen LogP) is 2.50. The number of amides is 3. The number of piperazine rings is 1. The number of carboxylic acid groups (broad SMARTS) is 1. The monoisotopic (exact) mass is 541 g/mol. The van der Waals surface area contributed by atoms with E-state index >= 15 is 0 Å². The van der Waals surface area contributed by atoms with Gasteiger partial charge in [-0.2, -0.15) is 0 Å². The highest BCUT2D eigenvalue weighted by atomic mass is 16.6. The summed E-state index contributed by atoms with van der Waals surface area (Å²) in [5, 5.41) is 11.9. The van der Waals surface area contributed by atoms with Crippen LogP contribution in [0.15, 0.2) is 36.4 Å². The Morgan fingerprint density at radius 2 is 1.67 bits per heavy atom. The molecule has 0 radical (unpaired) electrons. The second-order valence-electron chi connectivity index (χ2n) is 8.93. The van der Waals surface area contributed by atoms with Crippen LogP contribution in [-0.2, 0) is 19.1 Å². The standard InChI is InChI=1S/C27H35N5O7/c1-4-38-18(3)21-17-22(29-24(28-21)19-9-7-6-8-10-19)25(35)30-20(11-12-23(33)34)26(36)31-13-15-32(16-14-31)27(37)39-5-2/h6-10,17-18,20H,4-5,11-16H2,1-3H3,(H,30,35)(H,33,34)/t18?,20-/m0/s1. The molecule has 1 aliphatic heterocycles. The molecule has 39 heavy (non-hydrogen) atoms. The number of hydrogen-bond donors (Lipinski definition) is 2. The molecule has 1 fully saturated rings. The second-order valence-corrected chi connectivity index (χ2v) is 8.93. The van der Waals surface area contributed by atoms with Gasteiger partial charge in [-0.3, -0.25) is 14.4 Å². The molecule has 1 aromatic heterocycles. The van der Waals surface area contributed by atoms with Crippen molar-refractivity contribution in [2.75, 3.05) is 39.4 Å². The highest BCUT2D eigenvalue weighted by Crippen LogP contribution is 2.21. The molecular formula is C27H35N5O7. The first-order valence-corrected chi connectivity index (χ1v) is 13.0. The number of ether oxygens (including phenoxy) is 2. The molecule has 1 aromatic carbocycles. The van der Waals surface area contributed by atoms with Crippen LogP contribution >= 0.6 is 0 Å². The van der Waals surface area contributed by atoms with E-state index in [1.807, 2.05) is 44.2 Å². The fourth-order valence-electron chi connectivity index (χ4n) is 4.14. The molecular weight excluding hydrogens is 506 g/mol. The summed E-state index contributed by atoms with van der Waals surface area (Å²) in [4.78, 5) is 62.1. The number of carbonyl (C=O) groups excluding carboxylic acids is 3. The van der Waals surface area contributed by atoms with Crippen molar-refractivity contribution in [1.29, 1.82) is 0 Å². The fraction of sp³-hybridized carbons (Fsp3) is 0.481. The normalized spacial score (nSPS) is 14.8. The summed E-state index contributed by atoms with van der Waals surface area (Å²) >= 11 is 0. The summed E-state index contributed by atoms with van der Waals surface area (Å²) < 4.78 is 10.7. The number of carboxylic acids is 1. The number of nitrogens with one attached hydrogen (secondary N) is 1. The first-order valence-electron chi connectivity index (χ1n) is 13.0. The van der Waals surface area contributed by atoms with Crippen LogP contribution in [0.2, 0.25) is 0 Å². The van der Waals surface area contributed by atoms with E-state index in [4.69, 9.17) is 9.47 Å². The third kappa shape index (κ3) is 8.21. The zero-order chi connectivity index (χ0) is 28.4. The molecule has 12 heteroatoms. The largest absolute Gasteiger partial charge is 0.481 e. The van der Waals surface area contributed by atoms with E-state index in [0.717, 1.165) is 0 Å². The third-order valence-corrected chi connectivity index (χ3v) is 6.21. The molecule has 1 aliphatic rings. The van der Waals surface area contributed by atoms with Gasteiger partial charge in [-0.05, 0) is 33.3 Å². The number of aromatic nitrogens is 2. The SMILES string of the molecule is CCOC(=O)N1CCN(C(=O)[C@H](CCC(=O)O)NC(=O)c2cc(C(C)OCC)nc(-c3ccccc3)n2)CC1. The van der Waals surface area contributed by atoms with Crippen LogP contribution in [0.3, 0.4) is 0 Å². The Morgan fingerprint density at radius 1 is 1.00 bits per heavy atom. The maximum atomic E-state index is 13.4. The summed E-state index contributed by atoms with van der Waals surface area (Å²) in [6.07, 6.45) is -1.27. The summed E-state index contributed by atoms with van der Waals surface area (Å²) in [6, 6.07) is 9.58. The van der Waals surface area contributed by atoms with Crippen LogP contribution in [-0.4, -0.2) is 94.2 Å². The molecule has 210 valence electrons. The summed E-state index contributed by atoms with van der Waals surface area (Å²) in [5.41, 5.74) is 1.24. The Balaban J connectivity index is 1.82. The average Bonchev–Trinajstić information content (AvgIpc) is 2.95. The van der Waals surface area contributed by atoms with Crippen LogP contribution in [0.4, 0.5) is 4.79 Å². The molecule has 2 N–H and O–H groups in total.